The lowest BCUT2D eigenvalue weighted by atomic mass is 10.0. The average molecular weight is 186 g/mol. The minimum Gasteiger partial charge on any atom is -0.512 e. The van der Waals surface area contributed by atoms with E-state index >= 15 is 0 Å². The van der Waals surface area contributed by atoms with E-state index in [1.165, 1.54) is 0 Å². The van der Waals surface area contributed by atoms with Crippen LogP contribution < -0.4 is 0 Å². The standard InChI is InChI=1S/C10H18O3/c1-3-5-6-7-9(11)8(4-2)10(12)13/h7-8,11H,3-6H2,1-2H3,(H,12,13). The summed E-state index contributed by atoms with van der Waals surface area (Å²) in [6, 6.07) is 0. The average Bonchev–Trinajstić information content (AvgIpc) is 2.05. The number of carboxylic acids is 1. The van der Waals surface area contributed by atoms with Crippen LogP contribution in [-0.2, 0) is 4.79 Å². The topological polar surface area (TPSA) is 57.5 Å². The molecule has 0 aromatic carbocycles. The molecule has 0 saturated heterocycles. The van der Waals surface area contributed by atoms with Crippen molar-refractivity contribution < 1.29 is 15.0 Å². The number of carbonyl (C=O) groups is 1. The van der Waals surface area contributed by atoms with Crippen molar-refractivity contribution >= 4 is 5.97 Å². The van der Waals surface area contributed by atoms with Crippen molar-refractivity contribution in [3.8, 4) is 0 Å². The zero-order valence-corrected chi connectivity index (χ0v) is 8.29. The molecule has 3 nitrogen and oxygen atoms in total. The fourth-order valence-corrected chi connectivity index (χ4v) is 1.11. The van der Waals surface area contributed by atoms with Gasteiger partial charge in [-0.3, -0.25) is 4.79 Å². The Balaban J connectivity index is 4.10. The Morgan fingerprint density at radius 3 is 2.38 bits per heavy atom. The third kappa shape index (κ3) is 4.55. The van der Waals surface area contributed by atoms with E-state index in [-0.39, 0.29) is 5.76 Å². The summed E-state index contributed by atoms with van der Waals surface area (Å²) in [4.78, 5) is 10.6. The van der Waals surface area contributed by atoms with E-state index in [1.54, 1.807) is 13.0 Å². The lowest BCUT2D eigenvalue weighted by molar-refractivity contribution is -0.141. The molecule has 2 N–H and O–H groups in total. The summed E-state index contributed by atoms with van der Waals surface area (Å²) >= 11 is 0. The van der Waals surface area contributed by atoms with Crippen LogP contribution in [-0.4, -0.2) is 16.2 Å². The molecular formula is C10H18O3. The van der Waals surface area contributed by atoms with Gasteiger partial charge in [-0.1, -0.05) is 20.3 Å². The van der Waals surface area contributed by atoms with Gasteiger partial charge in [0, 0.05) is 0 Å². The fraction of sp³-hybridized carbons (Fsp3) is 0.700. The first-order valence-corrected chi connectivity index (χ1v) is 4.75. The van der Waals surface area contributed by atoms with E-state index in [2.05, 4.69) is 6.92 Å². The number of allylic oxidation sites excluding steroid dienone is 1. The molecule has 0 aliphatic carbocycles. The molecule has 0 rings (SSSR count). The highest BCUT2D eigenvalue weighted by molar-refractivity contribution is 5.72. The predicted octanol–water partition coefficient (Wildman–Crippen LogP) is 2.73. The highest BCUT2D eigenvalue weighted by Crippen LogP contribution is 2.13. The van der Waals surface area contributed by atoms with E-state index in [4.69, 9.17) is 5.11 Å². The molecule has 0 fully saturated rings. The summed E-state index contributed by atoms with van der Waals surface area (Å²) in [6.07, 6.45) is 4.84. The van der Waals surface area contributed by atoms with Gasteiger partial charge < -0.3 is 10.2 Å². The van der Waals surface area contributed by atoms with Gasteiger partial charge in [-0.25, -0.2) is 0 Å². The van der Waals surface area contributed by atoms with Crippen LogP contribution in [0.3, 0.4) is 0 Å². The Bertz CT molecular complexity index is 185. The Hall–Kier alpha value is -0.990. The van der Waals surface area contributed by atoms with E-state index in [1.807, 2.05) is 0 Å². The Labute approximate surface area is 79.1 Å². The highest BCUT2D eigenvalue weighted by Gasteiger charge is 2.18. The lowest BCUT2D eigenvalue weighted by Crippen LogP contribution is -2.14. The molecule has 0 heterocycles. The molecule has 1 atom stereocenters. The molecule has 0 saturated carbocycles. The van der Waals surface area contributed by atoms with Gasteiger partial charge in [-0.2, -0.15) is 0 Å². The van der Waals surface area contributed by atoms with E-state index in [9.17, 15) is 9.90 Å². The largest absolute Gasteiger partial charge is 0.512 e. The molecule has 0 aromatic heterocycles. The first-order valence-electron chi connectivity index (χ1n) is 4.75. The first-order chi connectivity index (χ1) is 6.13. The predicted molar refractivity (Wildman–Crippen MR) is 51.7 cm³/mol. The van der Waals surface area contributed by atoms with E-state index in [0.29, 0.717) is 6.42 Å². The fourth-order valence-electron chi connectivity index (χ4n) is 1.11. The van der Waals surface area contributed by atoms with Crippen molar-refractivity contribution in [2.45, 2.75) is 39.5 Å². The quantitative estimate of drug-likeness (QED) is 0.495. The second-order valence-electron chi connectivity index (χ2n) is 3.07. The number of aliphatic hydroxyl groups excluding tert-OH is 1. The summed E-state index contributed by atoms with van der Waals surface area (Å²) in [7, 11) is 0. The molecule has 0 aromatic rings. The van der Waals surface area contributed by atoms with Crippen molar-refractivity contribution in [3.05, 3.63) is 11.8 Å². The van der Waals surface area contributed by atoms with Crippen LogP contribution in [0.25, 0.3) is 0 Å². The lowest BCUT2D eigenvalue weighted by Gasteiger charge is -2.08. The highest BCUT2D eigenvalue weighted by atomic mass is 16.4. The molecule has 3 heteroatoms. The van der Waals surface area contributed by atoms with Gasteiger partial charge in [-0.05, 0) is 25.3 Å². The van der Waals surface area contributed by atoms with Gasteiger partial charge in [0.05, 0.1) is 0 Å². The van der Waals surface area contributed by atoms with Crippen molar-refractivity contribution in [2.75, 3.05) is 0 Å². The minimum atomic E-state index is -0.951. The van der Waals surface area contributed by atoms with Crippen LogP contribution in [0.5, 0.6) is 0 Å². The number of rotatable bonds is 6. The summed E-state index contributed by atoms with van der Waals surface area (Å²) in [5.41, 5.74) is 0. The molecule has 0 radical (unpaired) electrons. The maximum absolute atomic E-state index is 10.6. The van der Waals surface area contributed by atoms with Gasteiger partial charge in [0.25, 0.3) is 0 Å². The molecule has 76 valence electrons. The maximum atomic E-state index is 10.6. The summed E-state index contributed by atoms with van der Waals surface area (Å²) in [5.74, 6) is -1.67. The molecule has 1 unspecified atom stereocenters. The third-order valence-electron chi connectivity index (χ3n) is 1.97. The minimum absolute atomic E-state index is 0.00319. The Morgan fingerprint density at radius 2 is 2.00 bits per heavy atom. The van der Waals surface area contributed by atoms with Crippen LogP contribution in [0, 0.1) is 5.92 Å². The zero-order valence-electron chi connectivity index (χ0n) is 8.29. The van der Waals surface area contributed by atoms with Gasteiger partial charge in [0.2, 0.25) is 0 Å². The summed E-state index contributed by atoms with van der Waals surface area (Å²) in [6.45, 7) is 3.81. The van der Waals surface area contributed by atoms with Gasteiger partial charge >= 0.3 is 5.97 Å². The number of aliphatic carboxylic acids is 1. The van der Waals surface area contributed by atoms with E-state index < -0.39 is 11.9 Å². The van der Waals surface area contributed by atoms with Crippen LogP contribution in [0.2, 0.25) is 0 Å². The SMILES string of the molecule is CCCCC=C(O)C(CC)C(=O)O. The van der Waals surface area contributed by atoms with Gasteiger partial charge in [0.15, 0.2) is 0 Å². The second kappa shape index (κ2) is 6.52. The van der Waals surface area contributed by atoms with Crippen molar-refractivity contribution in [2.24, 2.45) is 5.92 Å². The molecule has 0 amide bonds. The molecule has 0 aliphatic rings. The zero-order chi connectivity index (χ0) is 10.3. The molecule has 0 aliphatic heterocycles. The van der Waals surface area contributed by atoms with Crippen LogP contribution in [0.15, 0.2) is 11.8 Å². The molecule has 0 spiro atoms. The van der Waals surface area contributed by atoms with E-state index in [0.717, 1.165) is 19.3 Å². The normalized spacial score (nSPS) is 14.2. The summed E-state index contributed by atoms with van der Waals surface area (Å²) in [5, 5.41) is 18.1. The van der Waals surface area contributed by atoms with Crippen molar-refractivity contribution in [1.29, 1.82) is 0 Å². The first kappa shape index (κ1) is 12.0. The van der Waals surface area contributed by atoms with Crippen molar-refractivity contribution in [1.82, 2.24) is 0 Å². The number of carboxylic acid groups (broad SMARTS) is 1. The Morgan fingerprint density at radius 1 is 1.38 bits per heavy atom. The Kier molecular flexibility index (Phi) is 6.02. The smallest absolute Gasteiger partial charge is 0.314 e. The number of hydrogen-bond donors (Lipinski definition) is 2. The van der Waals surface area contributed by atoms with Gasteiger partial charge in [-0.15, -0.1) is 0 Å². The molecule has 13 heavy (non-hydrogen) atoms. The third-order valence-corrected chi connectivity index (χ3v) is 1.97. The molecule has 0 bridgehead atoms. The van der Waals surface area contributed by atoms with Crippen LogP contribution in [0.4, 0.5) is 0 Å². The number of aliphatic hydroxyl groups is 1. The molecular weight excluding hydrogens is 168 g/mol. The summed E-state index contributed by atoms with van der Waals surface area (Å²) < 4.78 is 0. The van der Waals surface area contributed by atoms with Crippen molar-refractivity contribution in [3.63, 3.8) is 0 Å². The van der Waals surface area contributed by atoms with Crippen LogP contribution >= 0.6 is 0 Å². The monoisotopic (exact) mass is 186 g/mol. The maximum Gasteiger partial charge on any atom is 0.314 e. The van der Waals surface area contributed by atoms with Gasteiger partial charge in [0.1, 0.15) is 11.7 Å². The van der Waals surface area contributed by atoms with Crippen LogP contribution in [0.1, 0.15) is 39.5 Å². The number of unbranched alkanes of at least 4 members (excludes halogenated alkanes) is 2. The number of hydrogen-bond acceptors (Lipinski definition) is 2. The second-order valence-corrected chi connectivity index (χ2v) is 3.07.